The fraction of sp³-hybridized carbons (Fsp3) is 0.231. The number of carbonyl (C=O) groups is 2. The van der Waals surface area contributed by atoms with Crippen molar-refractivity contribution in [3.05, 3.63) is 88.9 Å². The monoisotopic (exact) mass is 448 g/mol. The molecule has 0 bridgehead atoms. The Morgan fingerprint density at radius 2 is 1.69 bits per heavy atom. The number of rotatable bonds is 4. The fourth-order valence-electron chi connectivity index (χ4n) is 4.37. The van der Waals surface area contributed by atoms with Gasteiger partial charge in [-0.05, 0) is 80.4 Å². The molecule has 0 radical (unpaired) electrons. The quantitative estimate of drug-likeness (QED) is 0.563. The molecule has 1 aliphatic rings. The van der Waals surface area contributed by atoms with Crippen LogP contribution < -0.4 is 9.80 Å². The highest BCUT2D eigenvalue weighted by Gasteiger charge is 2.38. The number of anilines is 2. The Balaban J connectivity index is 1.70. The summed E-state index contributed by atoms with van der Waals surface area (Å²) in [7, 11) is 0. The molecular formula is C26H25ClN2O3. The topological polar surface area (TPSA) is 60.9 Å². The zero-order valence-corrected chi connectivity index (χ0v) is 18.8. The van der Waals surface area contributed by atoms with E-state index in [2.05, 4.69) is 0 Å². The summed E-state index contributed by atoms with van der Waals surface area (Å²) in [6, 6.07) is 20.9. The molecule has 164 valence electrons. The molecule has 0 saturated carbocycles. The maximum Gasteiger partial charge on any atom is 0.258 e. The molecule has 3 aromatic carbocycles. The lowest BCUT2D eigenvalue weighted by Gasteiger charge is -2.40. The number of hydrogen-bond acceptors (Lipinski definition) is 3. The summed E-state index contributed by atoms with van der Waals surface area (Å²) in [5.74, 6) is -0.395. The second-order valence-corrected chi connectivity index (χ2v) is 8.41. The Hall–Kier alpha value is -3.31. The number of carbonyl (C=O) groups excluding carboxylic acids is 2. The molecule has 3 aromatic rings. The minimum Gasteiger partial charge on any atom is -0.508 e. The van der Waals surface area contributed by atoms with Gasteiger partial charge in [0.15, 0.2) is 0 Å². The van der Waals surface area contributed by atoms with Crippen LogP contribution in [0.4, 0.5) is 11.4 Å². The number of phenolic OH excluding ortho intramolecular Hbond substituents is 1. The van der Waals surface area contributed by atoms with Crippen LogP contribution in [0.15, 0.2) is 72.8 Å². The summed E-state index contributed by atoms with van der Waals surface area (Å²) in [6.07, 6.45) is 0.518. The van der Waals surface area contributed by atoms with Crippen molar-refractivity contribution < 1.29 is 14.7 Å². The molecular weight excluding hydrogens is 424 g/mol. The highest BCUT2D eigenvalue weighted by Crippen LogP contribution is 2.40. The molecule has 2 atom stereocenters. The van der Waals surface area contributed by atoms with Crippen molar-refractivity contribution in [3.8, 4) is 5.75 Å². The third-order valence-corrected chi connectivity index (χ3v) is 6.19. The first-order valence-corrected chi connectivity index (χ1v) is 11.1. The molecule has 5 nitrogen and oxygen atoms in total. The molecule has 1 aliphatic heterocycles. The van der Waals surface area contributed by atoms with Gasteiger partial charge in [-0.15, -0.1) is 0 Å². The van der Waals surface area contributed by atoms with Crippen LogP contribution in [0.25, 0.3) is 0 Å². The van der Waals surface area contributed by atoms with Gasteiger partial charge in [-0.25, -0.2) is 0 Å². The van der Waals surface area contributed by atoms with E-state index < -0.39 is 0 Å². The maximum absolute atomic E-state index is 13.7. The Labute approximate surface area is 192 Å². The van der Waals surface area contributed by atoms with Crippen LogP contribution in [0.5, 0.6) is 5.75 Å². The molecule has 32 heavy (non-hydrogen) atoms. The van der Waals surface area contributed by atoms with E-state index in [4.69, 9.17) is 11.6 Å². The minimum absolute atomic E-state index is 0.00542. The number of nitrogens with zero attached hydrogens (tertiary/aromatic N) is 2. The number of fused-ring (bicyclic) bond motifs is 1. The van der Waals surface area contributed by atoms with Crippen LogP contribution >= 0.6 is 11.6 Å². The third-order valence-electron chi connectivity index (χ3n) is 5.94. The van der Waals surface area contributed by atoms with E-state index in [1.165, 1.54) is 12.1 Å². The predicted octanol–water partition coefficient (Wildman–Crippen LogP) is 5.62. The predicted molar refractivity (Wildman–Crippen MR) is 128 cm³/mol. The SMILES string of the molecule is CCN(C(=O)[C@@H]1C[C@@H](C)N(C(=O)c2ccc(O)cc2)c2ccccc21)c1ccc(Cl)cc1. The van der Waals surface area contributed by atoms with Gasteiger partial charge < -0.3 is 14.9 Å². The van der Waals surface area contributed by atoms with Crippen LogP contribution in [0.2, 0.25) is 5.02 Å². The van der Waals surface area contributed by atoms with Gasteiger partial charge in [-0.3, -0.25) is 9.59 Å². The maximum atomic E-state index is 13.7. The zero-order valence-electron chi connectivity index (χ0n) is 18.0. The minimum atomic E-state index is -0.360. The van der Waals surface area contributed by atoms with Crippen LogP contribution in [0.1, 0.15) is 42.1 Å². The summed E-state index contributed by atoms with van der Waals surface area (Å²) >= 11 is 6.02. The highest BCUT2D eigenvalue weighted by molar-refractivity contribution is 6.30. The summed E-state index contributed by atoms with van der Waals surface area (Å²) in [6.45, 7) is 4.45. The van der Waals surface area contributed by atoms with Gasteiger partial charge in [-0.1, -0.05) is 29.8 Å². The van der Waals surface area contributed by atoms with Crippen molar-refractivity contribution in [2.45, 2.75) is 32.2 Å². The second kappa shape index (κ2) is 9.05. The van der Waals surface area contributed by atoms with Crippen LogP contribution in [0.3, 0.4) is 0 Å². The molecule has 0 unspecified atom stereocenters. The van der Waals surface area contributed by atoms with Gasteiger partial charge in [0.25, 0.3) is 5.91 Å². The highest BCUT2D eigenvalue weighted by atomic mass is 35.5. The number of phenols is 1. The van der Waals surface area contributed by atoms with Crippen molar-refractivity contribution in [2.24, 2.45) is 0 Å². The molecule has 0 fully saturated rings. The first kappa shape index (κ1) is 21.9. The molecule has 2 amide bonds. The molecule has 0 saturated heterocycles. The van der Waals surface area contributed by atoms with E-state index in [0.29, 0.717) is 23.6 Å². The number of amides is 2. The summed E-state index contributed by atoms with van der Waals surface area (Å²) < 4.78 is 0. The first-order valence-electron chi connectivity index (χ1n) is 10.7. The lowest BCUT2D eigenvalue weighted by Crippen LogP contribution is -2.46. The number of halogens is 1. The largest absolute Gasteiger partial charge is 0.508 e. The Morgan fingerprint density at radius 1 is 1.03 bits per heavy atom. The van der Waals surface area contributed by atoms with Gasteiger partial charge >= 0.3 is 0 Å². The summed E-state index contributed by atoms with van der Waals surface area (Å²) in [5.41, 5.74) is 2.88. The summed E-state index contributed by atoms with van der Waals surface area (Å²) in [4.78, 5) is 30.5. The zero-order chi connectivity index (χ0) is 22.8. The number of likely N-dealkylation sites (N-methyl/N-ethyl adjacent to an activating group) is 1. The number of benzene rings is 3. The smallest absolute Gasteiger partial charge is 0.258 e. The van der Waals surface area contributed by atoms with Gasteiger partial charge in [0, 0.05) is 34.5 Å². The van der Waals surface area contributed by atoms with Crippen molar-refractivity contribution >= 4 is 34.8 Å². The number of hydrogen-bond donors (Lipinski definition) is 1. The second-order valence-electron chi connectivity index (χ2n) is 7.98. The molecule has 4 rings (SSSR count). The van der Waals surface area contributed by atoms with Gasteiger partial charge in [-0.2, -0.15) is 0 Å². The van der Waals surface area contributed by atoms with Crippen LogP contribution in [-0.4, -0.2) is 29.5 Å². The lowest BCUT2D eigenvalue weighted by molar-refractivity contribution is -0.120. The van der Waals surface area contributed by atoms with Crippen molar-refractivity contribution in [1.29, 1.82) is 0 Å². The number of aromatic hydroxyl groups is 1. The lowest BCUT2D eigenvalue weighted by atomic mass is 9.84. The Bertz CT molecular complexity index is 1130. The number of para-hydroxylation sites is 1. The first-order chi connectivity index (χ1) is 15.4. The van der Waals surface area contributed by atoms with E-state index in [0.717, 1.165) is 16.9 Å². The fourth-order valence-corrected chi connectivity index (χ4v) is 4.50. The van der Waals surface area contributed by atoms with Crippen LogP contribution in [-0.2, 0) is 4.79 Å². The molecule has 1 heterocycles. The Morgan fingerprint density at radius 3 is 2.34 bits per heavy atom. The van der Waals surface area contributed by atoms with E-state index >= 15 is 0 Å². The Kier molecular flexibility index (Phi) is 6.19. The molecule has 0 spiro atoms. The molecule has 0 aliphatic carbocycles. The van der Waals surface area contributed by atoms with Crippen molar-refractivity contribution in [1.82, 2.24) is 0 Å². The normalized spacial score (nSPS) is 17.5. The molecule has 1 N–H and O–H groups in total. The van der Waals surface area contributed by atoms with Gasteiger partial charge in [0.05, 0.1) is 5.92 Å². The van der Waals surface area contributed by atoms with E-state index in [-0.39, 0.29) is 29.5 Å². The van der Waals surface area contributed by atoms with Gasteiger partial charge in [0.1, 0.15) is 5.75 Å². The van der Waals surface area contributed by atoms with E-state index in [1.807, 2.05) is 50.2 Å². The third kappa shape index (κ3) is 4.08. The summed E-state index contributed by atoms with van der Waals surface area (Å²) in [5, 5.41) is 10.2. The van der Waals surface area contributed by atoms with Crippen LogP contribution in [0, 0.1) is 0 Å². The van der Waals surface area contributed by atoms with E-state index in [1.54, 1.807) is 34.1 Å². The average Bonchev–Trinajstić information content (AvgIpc) is 2.80. The van der Waals surface area contributed by atoms with Crippen molar-refractivity contribution in [2.75, 3.05) is 16.3 Å². The average molecular weight is 449 g/mol. The molecule has 0 aromatic heterocycles. The van der Waals surface area contributed by atoms with Crippen molar-refractivity contribution in [3.63, 3.8) is 0 Å². The van der Waals surface area contributed by atoms with Gasteiger partial charge in [0.2, 0.25) is 5.91 Å². The van der Waals surface area contributed by atoms with E-state index in [9.17, 15) is 14.7 Å². The molecule has 6 heteroatoms. The standard InChI is InChI=1S/C26H25ClN2O3/c1-3-28(20-12-10-19(27)11-13-20)26(32)23-16-17(2)29(24-7-5-4-6-22(23)24)25(31)18-8-14-21(30)15-9-18/h4-15,17,23,30H,3,16H2,1-2H3/t17-,23-/m1/s1.